The first-order valence-electron chi connectivity index (χ1n) is 11.0. The molecule has 1 atom stereocenters. The molecule has 3 aromatic rings. The number of aryl methyl sites for hydroxylation is 2. The predicted octanol–water partition coefficient (Wildman–Crippen LogP) is 5.32. The van der Waals surface area contributed by atoms with Crippen molar-refractivity contribution in [1.29, 1.82) is 0 Å². The number of benzene rings is 2. The number of aliphatic hydroxyl groups excluding tert-OH is 1. The van der Waals surface area contributed by atoms with Gasteiger partial charge in [-0.15, -0.1) is 0 Å². The van der Waals surface area contributed by atoms with Crippen LogP contribution >= 0.6 is 0 Å². The molecule has 4 rings (SSSR count). The molecule has 1 N–H and O–H groups in total. The predicted molar refractivity (Wildman–Crippen MR) is 128 cm³/mol. The average Bonchev–Trinajstić information content (AvgIpc) is 3.40. The topological polar surface area (TPSA) is 89.2 Å². The van der Waals surface area contributed by atoms with Crippen LogP contribution in [-0.2, 0) is 9.59 Å². The number of ether oxygens (including phenoxy) is 2. The Morgan fingerprint density at radius 1 is 1.09 bits per heavy atom. The van der Waals surface area contributed by atoms with Gasteiger partial charge in [0.1, 0.15) is 29.1 Å². The summed E-state index contributed by atoms with van der Waals surface area (Å²) in [4.78, 5) is 27.8. The monoisotopic (exact) mass is 461 g/mol. The molecule has 1 saturated heterocycles. The fourth-order valence-electron chi connectivity index (χ4n) is 4.32. The maximum Gasteiger partial charge on any atom is 0.300 e. The highest BCUT2D eigenvalue weighted by atomic mass is 16.5. The highest BCUT2D eigenvalue weighted by molar-refractivity contribution is 6.51. The van der Waals surface area contributed by atoms with Crippen LogP contribution in [0.5, 0.6) is 11.5 Å². The highest BCUT2D eigenvalue weighted by Crippen LogP contribution is 2.44. The molecule has 176 valence electrons. The molecule has 1 aliphatic heterocycles. The van der Waals surface area contributed by atoms with E-state index in [1.54, 1.807) is 42.5 Å². The minimum atomic E-state index is -0.947. The lowest BCUT2D eigenvalue weighted by Gasteiger charge is -2.24. The van der Waals surface area contributed by atoms with E-state index in [2.05, 4.69) is 0 Å². The molecule has 1 amide bonds. The van der Waals surface area contributed by atoms with Crippen LogP contribution in [0.4, 0.5) is 5.69 Å². The number of carbonyl (C=O) groups excluding carboxylic acids is 2. The van der Waals surface area contributed by atoms with Gasteiger partial charge in [0.05, 0.1) is 30.6 Å². The van der Waals surface area contributed by atoms with Gasteiger partial charge in [0.25, 0.3) is 11.7 Å². The van der Waals surface area contributed by atoms with Crippen LogP contribution in [0.2, 0.25) is 0 Å². The smallest absolute Gasteiger partial charge is 0.300 e. The molecule has 0 radical (unpaired) electrons. The number of hydrogen-bond donors (Lipinski definition) is 1. The van der Waals surface area contributed by atoms with E-state index < -0.39 is 17.7 Å². The van der Waals surface area contributed by atoms with Crippen LogP contribution in [0.25, 0.3) is 5.76 Å². The third-order valence-electron chi connectivity index (χ3n) is 5.62. The number of nitrogens with zero attached hydrogens (tertiary/aromatic N) is 1. The normalized spacial score (nSPS) is 17.5. The zero-order valence-corrected chi connectivity index (χ0v) is 19.8. The first kappa shape index (κ1) is 23.2. The van der Waals surface area contributed by atoms with Crippen molar-refractivity contribution in [3.05, 3.63) is 82.8 Å². The van der Waals surface area contributed by atoms with Gasteiger partial charge < -0.3 is 19.0 Å². The van der Waals surface area contributed by atoms with E-state index >= 15 is 0 Å². The van der Waals surface area contributed by atoms with Gasteiger partial charge in [-0.05, 0) is 81.3 Å². The summed E-state index contributed by atoms with van der Waals surface area (Å²) in [6, 6.07) is 12.9. The van der Waals surface area contributed by atoms with Crippen LogP contribution in [0.15, 0.2) is 64.8 Å². The SMILES string of the molecule is COc1c(C)cc(C)cc1/C(O)=C1/C(=O)C(=O)N(c2ccc(OC(C)C)cc2)C1c1ccco1. The Bertz CT molecular complexity index is 1260. The minimum absolute atomic E-state index is 0.00374. The Morgan fingerprint density at radius 2 is 1.79 bits per heavy atom. The molecule has 1 aliphatic rings. The number of amides is 1. The number of Topliss-reactive ketones (excluding diaryl/α,β-unsaturated/α-hetero) is 1. The summed E-state index contributed by atoms with van der Waals surface area (Å²) in [5.74, 6) is -0.448. The van der Waals surface area contributed by atoms with Crippen LogP contribution in [0.1, 0.15) is 42.3 Å². The Morgan fingerprint density at radius 3 is 2.38 bits per heavy atom. The second-order valence-corrected chi connectivity index (χ2v) is 8.51. The van der Waals surface area contributed by atoms with Crippen molar-refractivity contribution in [3.8, 4) is 11.5 Å². The van der Waals surface area contributed by atoms with E-state index in [1.165, 1.54) is 18.3 Å². The maximum atomic E-state index is 13.3. The summed E-state index contributed by atoms with van der Waals surface area (Å²) in [6.45, 7) is 7.58. The highest BCUT2D eigenvalue weighted by Gasteiger charge is 2.48. The van der Waals surface area contributed by atoms with E-state index in [-0.39, 0.29) is 17.4 Å². The van der Waals surface area contributed by atoms with Crippen molar-refractivity contribution in [1.82, 2.24) is 0 Å². The Balaban J connectivity index is 1.89. The molecule has 0 aliphatic carbocycles. The van der Waals surface area contributed by atoms with E-state index in [0.29, 0.717) is 28.5 Å². The van der Waals surface area contributed by atoms with Gasteiger partial charge in [0.2, 0.25) is 0 Å². The summed E-state index contributed by atoms with van der Waals surface area (Å²) in [5.41, 5.74) is 2.44. The van der Waals surface area contributed by atoms with E-state index in [4.69, 9.17) is 13.9 Å². The fraction of sp³-hybridized carbons (Fsp3) is 0.259. The molecule has 2 heterocycles. The number of carbonyl (C=O) groups is 2. The van der Waals surface area contributed by atoms with Gasteiger partial charge in [-0.2, -0.15) is 0 Å². The van der Waals surface area contributed by atoms with Crippen molar-refractivity contribution in [2.24, 2.45) is 0 Å². The van der Waals surface area contributed by atoms with E-state index in [1.807, 2.05) is 33.8 Å². The summed E-state index contributed by atoms with van der Waals surface area (Å²) >= 11 is 0. The van der Waals surface area contributed by atoms with Gasteiger partial charge in [-0.1, -0.05) is 6.07 Å². The Hall–Kier alpha value is -4.00. The number of ketones is 1. The summed E-state index contributed by atoms with van der Waals surface area (Å²) in [5, 5.41) is 11.4. The lowest BCUT2D eigenvalue weighted by molar-refractivity contribution is -0.132. The average molecular weight is 462 g/mol. The van der Waals surface area contributed by atoms with Crippen molar-refractivity contribution in [2.45, 2.75) is 39.8 Å². The summed E-state index contributed by atoms with van der Waals surface area (Å²) < 4.78 is 16.8. The fourth-order valence-corrected chi connectivity index (χ4v) is 4.32. The molecule has 7 nitrogen and oxygen atoms in total. The zero-order chi connectivity index (χ0) is 24.6. The maximum absolute atomic E-state index is 13.3. The molecule has 1 unspecified atom stereocenters. The third-order valence-corrected chi connectivity index (χ3v) is 5.62. The second-order valence-electron chi connectivity index (χ2n) is 8.51. The van der Waals surface area contributed by atoms with Gasteiger partial charge in [-0.3, -0.25) is 14.5 Å². The lowest BCUT2D eigenvalue weighted by atomic mass is 9.96. The molecule has 34 heavy (non-hydrogen) atoms. The Kier molecular flexibility index (Phi) is 6.20. The summed E-state index contributed by atoms with van der Waals surface area (Å²) in [6.07, 6.45) is 1.46. The quantitative estimate of drug-likeness (QED) is 0.304. The first-order chi connectivity index (χ1) is 16.2. The van der Waals surface area contributed by atoms with Gasteiger partial charge in [-0.25, -0.2) is 0 Å². The molecule has 2 aromatic carbocycles. The molecule has 1 aromatic heterocycles. The number of furan rings is 1. The molecule has 0 spiro atoms. The Labute approximate surface area is 198 Å². The van der Waals surface area contributed by atoms with Crippen molar-refractivity contribution in [2.75, 3.05) is 12.0 Å². The van der Waals surface area contributed by atoms with Crippen molar-refractivity contribution >= 4 is 23.1 Å². The number of hydrogen-bond acceptors (Lipinski definition) is 6. The largest absolute Gasteiger partial charge is 0.507 e. The molecular weight excluding hydrogens is 434 g/mol. The van der Waals surface area contributed by atoms with Crippen molar-refractivity contribution in [3.63, 3.8) is 0 Å². The molecule has 0 bridgehead atoms. The van der Waals surface area contributed by atoms with Gasteiger partial charge >= 0.3 is 0 Å². The van der Waals surface area contributed by atoms with Crippen LogP contribution in [0.3, 0.4) is 0 Å². The van der Waals surface area contributed by atoms with Gasteiger partial charge in [0, 0.05) is 5.69 Å². The van der Waals surface area contributed by atoms with Crippen LogP contribution in [-0.4, -0.2) is 30.0 Å². The van der Waals surface area contributed by atoms with Gasteiger partial charge in [0.15, 0.2) is 0 Å². The lowest BCUT2D eigenvalue weighted by Crippen LogP contribution is -2.29. The number of aliphatic hydroxyl groups is 1. The van der Waals surface area contributed by atoms with E-state index in [9.17, 15) is 14.7 Å². The molecule has 7 heteroatoms. The molecule has 1 fully saturated rings. The van der Waals surface area contributed by atoms with E-state index in [0.717, 1.165) is 11.1 Å². The third kappa shape index (κ3) is 4.05. The number of methoxy groups -OCH3 is 1. The zero-order valence-electron chi connectivity index (χ0n) is 19.8. The number of rotatable bonds is 6. The molecule has 0 saturated carbocycles. The van der Waals surface area contributed by atoms with Crippen LogP contribution in [0, 0.1) is 13.8 Å². The number of anilines is 1. The molecular formula is C27H27NO6. The van der Waals surface area contributed by atoms with Crippen LogP contribution < -0.4 is 14.4 Å². The standard InChI is InChI=1S/C27H27NO6/c1-15(2)34-19-10-8-18(9-11-19)28-23(21-7-6-12-33-21)22(25(30)27(28)31)24(29)20-14-16(3)13-17(4)26(20)32-5/h6-15,23,29H,1-5H3/b24-22-. The van der Waals surface area contributed by atoms with Crippen molar-refractivity contribution < 1.29 is 28.6 Å². The first-order valence-corrected chi connectivity index (χ1v) is 11.0. The summed E-state index contributed by atoms with van der Waals surface area (Å²) in [7, 11) is 1.50. The minimum Gasteiger partial charge on any atom is -0.507 e. The second kappa shape index (κ2) is 9.09.